The first-order valence-electron chi connectivity index (χ1n) is 9.17. The smallest absolute Gasteiger partial charge is 0.348 e. The molecule has 3 rings (SSSR count). The zero-order chi connectivity index (χ0) is 21.7. The Morgan fingerprint density at radius 2 is 1.77 bits per heavy atom. The summed E-state index contributed by atoms with van der Waals surface area (Å²) in [4.78, 5) is 31.2. The number of hydrogen-bond acceptors (Lipinski definition) is 7. The van der Waals surface area contributed by atoms with E-state index in [1.807, 2.05) is 30.3 Å². The van der Waals surface area contributed by atoms with E-state index in [0.717, 1.165) is 5.56 Å². The van der Waals surface area contributed by atoms with Crippen molar-refractivity contribution in [3.05, 3.63) is 75.6 Å². The Labute approximate surface area is 174 Å². The van der Waals surface area contributed by atoms with Crippen LogP contribution in [0.2, 0.25) is 0 Å². The summed E-state index contributed by atoms with van der Waals surface area (Å²) in [7, 11) is 6.26. The molecule has 0 saturated heterocycles. The van der Waals surface area contributed by atoms with E-state index < -0.39 is 11.6 Å². The molecule has 0 spiro atoms. The van der Waals surface area contributed by atoms with Crippen molar-refractivity contribution in [3.8, 4) is 17.0 Å². The summed E-state index contributed by atoms with van der Waals surface area (Å²) in [6, 6.07) is 14.7. The number of aromatic nitrogens is 1. The molecule has 1 heterocycles. The maximum Gasteiger partial charge on any atom is 0.348 e. The Morgan fingerprint density at radius 3 is 2.40 bits per heavy atom. The fourth-order valence-corrected chi connectivity index (χ4v) is 2.92. The monoisotopic (exact) mass is 406 g/mol. The van der Waals surface area contributed by atoms with Crippen LogP contribution in [0.3, 0.4) is 0 Å². The molecule has 0 radical (unpaired) electrons. The van der Waals surface area contributed by atoms with Crippen molar-refractivity contribution >= 4 is 24.1 Å². The molecule has 0 aliphatic heterocycles. The third kappa shape index (κ3) is 4.25. The van der Waals surface area contributed by atoms with Crippen molar-refractivity contribution in [3.63, 3.8) is 0 Å². The van der Waals surface area contributed by atoms with Gasteiger partial charge in [-0.3, -0.25) is 0 Å². The number of carbonyl (C=O) groups excluding carboxylic acids is 1. The van der Waals surface area contributed by atoms with E-state index in [4.69, 9.17) is 13.9 Å². The van der Waals surface area contributed by atoms with Crippen LogP contribution < -0.4 is 15.3 Å². The van der Waals surface area contributed by atoms with Crippen molar-refractivity contribution in [1.82, 2.24) is 4.98 Å². The first kappa shape index (κ1) is 20.9. The van der Waals surface area contributed by atoms with E-state index in [0.29, 0.717) is 17.0 Å². The highest BCUT2D eigenvalue weighted by molar-refractivity contribution is 5.98. The van der Waals surface area contributed by atoms with Gasteiger partial charge in [-0.25, -0.2) is 9.59 Å². The van der Waals surface area contributed by atoms with Crippen LogP contribution in [0.25, 0.3) is 23.4 Å². The Bertz CT molecular complexity index is 1130. The summed E-state index contributed by atoms with van der Waals surface area (Å²) in [5, 5.41) is 0. The lowest BCUT2D eigenvalue weighted by molar-refractivity contribution is 0.0597. The van der Waals surface area contributed by atoms with E-state index in [9.17, 15) is 9.59 Å². The van der Waals surface area contributed by atoms with Crippen LogP contribution >= 0.6 is 0 Å². The number of rotatable bonds is 6. The average Bonchev–Trinajstić information content (AvgIpc) is 2.77. The molecule has 30 heavy (non-hydrogen) atoms. The molecule has 0 unspecified atom stereocenters. The molecule has 7 nitrogen and oxygen atoms in total. The fraction of sp³-hybridized carbons (Fsp3) is 0.174. The normalized spacial score (nSPS) is 10.8. The molecule has 0 saturated carbocycles. The van der Waals surface area contributed by atoms with Gasteiger partial charge in [-0.2, -0.15) is 4.98 Å². The second kappa shape index (κ2) is 9.09. The van der Waals surface area contributed by atoms with Gasteiger partial charge in [0.2, 0.25) is 0 Å². The van der Waals surface area contributed by atoms with E-state index in [1.54, 1.807) is 49.3 Å². The van der Waals surface area contributed by atoms with Crippen molar-refractivity contribution in [2.24, 2.45) is 0 Å². The van der Waals surface area contributed by atoms with Crippen molar-refractivity contribution in [1.29, 1.82) is 0 Å². The molecule has 0 atom stereocenters. The van der Waals surface area contributed by atoms with Crippen LogP contribution in [0.1, 0.15) is 21.5 Å². The number of methoxy groups -OCH3 is 2. The van der Waals surface area contributed by atoms with E-state index in [2.05, 4.69) is 4.98 Å². The fourth-order valence-electron chi connectivity index (χ4n) is 2.92. The van der Waals surface area contributed by atoms with Gasteiger partial charge in [0, 0.05) is 19.7 Å². The van der Waals surface area contributed by atoms with Crippen LogP contribution in [0, 0.1) is 0 Å². The first-order valence-corrected chi connectivity index (χ1v) is 9.17. The van der Waals surface area contributed by atoms with Crippen LogP contribution in [0.4, 0.5) is 6.01 Å². The highest BCUT2D eigenvalue weighted by Crippen LogP contribution is 2.27. The van der Waals surface area contributed by atoms with Gasteiger partial charge in [-0.15, -0.1) is 0 Å². The topological polar surface area (TPSA) is 81.9 Å². The predicted octanol–water partition coefficient (Wildman–Crippen LogP) is 3.73. The minimum atomic E-state index is -0.538. The van der Waals surface area contributed by atoms with Crippen molar-refractivity contribution in [2.45, 2.75) is 0 Å². The molecule has 0 amide bonds. The van der Waals surface area contributed by atoms with Gasteiger partial charge in [-0.1, -0.05) is 48.5 Å². The lowest BCUT2D eigenvalue weighted by Gasteiger charge is -2.12. The first-order chi connectivity index (χ1) is 14.5. The number of anilines is 1. The SMILES string of the molecule is COC(=O)c1c(/C=C/c2c(-c3ccccc3)nc(N(C)C)oc2=O)cccc1OC. The number of benzene rings is 2. The summed E-state index contributed by atoms with van der Waals surface area (Å²) in [6.45, 7) is 0. The molecule has 0 bridgehead atoms. The Kier molecular flexibility index (Phi) is 6.32. The van der Waals surface area contributed by atoms with E-state index in [1.165, 1.54) is 14.2 Å². The number of nitrogens with zero attached hydrogens (tertiary/aromatic N) is 2. The minimum Gasteiger partial charge on any atom is -0.496 e. The number of carbonyl (C=O) groups is 1. The number of esters is 1. The lowest BCUT2D eigenvalue weighted by atomic mass is 10.0. The summed E-state index contributed by atoms with van der Waals surface area (Å²) in [6.07, 6.45) is 3.23. The summed E-state index contributed by atoms with van der Waals surface area (Å²) >= 11 is 0. The third-order valence-electron chi connectivity index (χ3n) is 4.39. The van der Waals surface area contributed by atoms with Gasteiger partial charge in [0.05, 0.1) is 25.5 Å². The molecule has 1 aromatic heterocycles. The predicted molar refractivity (Wildman–Crippen MR) is 116 cm³/mol. The van der Waals surface area contributed by atoms with Crippen LogP contribution in [-0.2, 0) is 4.74 Å². The summed E-state index contributed by atoms with van der Waals surface area (Å²) < 4.78 is 15.5. The largest absolute Gasteiger partial charge is 0.496 e. The highest BCUT2D eigenvalue weighted by Gasteiger charge is 2.18. The second-order valence-corrected chi connectivity index (χ2v) is 6.56. The standard InChI is InChI=1S/C23H22N2O5/c1-25(2)23-24-20(16-9-6-5-7-10-16)17(21(26)30-23)14-13-15-11-8-12-18(28-3)19(15)22(27)29-4/h5-14H,1-4H3/b14-13+. The zero-order valence-electron chi connectivity index (χ0n) is 17.2. The van der Waals surface area contributed by atoms with E-state index >= 15 is 0 Å². The molecule has 0 aliphatic rings. The number of ether oxygens (including phenoxy) is 2. The van der Waals surface area contributed by atoms with Gasteiger partial charge in [0.1, 0.15) is 11.3 Å². The Hall–Kier alpha value is -3.87. The van der Waals surface area contributed by atoms with Gasteiger partial charge in [0.25, 0.3) is 6.01 Å². The molecule has 0 aliphatic carbocycles. The molecule has 0 fully saturated rings. The van der Waals surface area contributed by atoms with Gasteiger partial charge in [0.15, 0.2) is 0 Å². The summed E-state index contributed by atoms with van der Waals surface area (Å²) in [5.41, 5.74) is 1.79. The molecule has 7 heteroatoms. The minimum absolute atomic E-state index is 0.202. The van der Waals surface area contributed by atoms with Crippen molar-refractivity contribution in [2.75, 3.05) is 33.2 Å². The Balaban J connectivity index is 2.18. The maximum absolute atomic E-state index is 12.8. The van der Waals surface area contributed by atoms with Crippen LogP contribution in [0.5, 0.6) is 5.75 Å². The van der Waals surface area contributed by atoms with E-state index in [-0.39, 0.29) is 17.1 Å². The lowest BCUT2D eigenvalue weighted by Crippen LogP contribution is -2.17. The zero-order valence-corrected chi connectivity index (χ0v) is 17.2. The van der Waals surface area contributed by atoms with Gasteiger partial charge < -0.3 is 18.8 Å². The molecule has 2 aromatic carbocycles. The third-order valence-corrected chi connectivity index (χ3v) is 4.39. The molecular formula is C23H22N2O5. The molecule has 154 valence electrons. The van der Waals surface area contributed by atoms with Gasteiger partial charge >= 0.3 is 11.6 Å². The molecule has 0 N–H and O–H groups in total. The van der Waals surface area contributed by atoms with Crippen LogP contribution in [0.15, 0.2) is 57.7 Å². The van der Waals surface area contributed by atoms with Crippen LogP contribution in [-0.4, -0.2) is 39.3 Å². The quantitative estimate of drug-likeness (QED) is 0.577. The maximum atomic E-state index is 12.8. The highest BCUT2D eigenvalue weighted by atomic mass is 16.5. The number of hydrogen-bond donors (Lipinski definition) is 0. The Morgan fingerprint density at radius 1 is 1.03 bits per heavy atom. The molecule has 3 aromatic rings. The van der Waals surface area contributed by atoms with Crippen molar-refractivity contribution < 1.29 is 18.7 Å². The average molecular weight is 406 g/mol. The summed E-state index contributed by atoms with van der Waals surface area (Å²) in [5.74, 6) is -0.163. The van der Waals surface area contributed by atoms with Gasteiger partial charge in [-0.05, 0) is 17.7 Å². The molecular weight excluding hydrogens is 384 g/mol. The second-order valence-electron chi connectivity index (χ2n) is 6.56.